The Morgan fingerprint density at radius 2 is 2.00 bits per heavy atom. The molecule has 0 atom stereocenters. The molecule has 2 heterocycles. The van der Waals surface area contributed by atoms with Crippen molar-refractivity contribution in [1.82, 2.24) is 15.0 Å². The zero-order chi connectivity index (χ0) is 11.4. The number of amides is 1. The van der Waals surface area contributed by atoms with Gasteiger partial charge in [-0.25, -0.2) is 4.98 Å². The summed E-state index contributed by atoms with van der Waals surface area (Å²) in [5.41, 5.74) is 0.501. The average Bonchev–Trinajstić information content (AvgIpc) is 2.31. The second-order valence-electron chi connectivity index (χ2n) is 2.90. The van der Waals surface area contributed by atoms with Gasteiger partial charge < -0.3 is 5.32 Å². The Bertz CT molecular complexity index is 503. The SMILES string of the molecule is O=C(Nc1cnccn1)c1ccncc1Br. The molecule has 0 radical (unpaired) electrons. The van der Waals surface area contributed by atoms with Crippen LogP contribution in [0.4, 0.5) is 5.82 Å². The van der Waals surface area contributed by atoms with Crippen LogP contribution in [0.15, 0.2) is 41.5 Å². The van der Waals surface area contributed by atoms with Crippen LogP contribution in [0.2, 0.25) is 0 Å². The highest BCUT2D eigenvalue weighted by atomic mass is 79.9. The number of rotatable bonds is 2. The molecule has 0 aliphatic carbocycles. The highest BCUT2D eigenvalue weighted by Gasteiger charge is 2.09. The molecule has 1 N–H and O–H groups in total. The summed E-state index contributed by atoms with van der Waals surface area (Å²) in [5, 5.41) is 2.63. The predicted octanol–water partition coefficient (Wildman–Crippen LogP) is 1.89. The summed E-state index contributed by atoms with van der Waals surface area (Å²) in [6.45, 7) is 0. The van der Waals surface area contributed by atoms with Gasteiger partial charge in [-0.15, -0.1) is 0 Å². The molecule has 0 aliphatic rings. The van der Waals surface area contributed by atoms with E-state index in [-0.39, 0.29) is 5.91 Å². The minimum Gasteiger partial charge on any atom is -0.305 e. The molecule has 2 rings (SSSR count). The number of carbonyl (C=O) groups is 1. The Hall–Kier alpha value is -1.82. The second-order valence-corrected chi connectivity index (χ2v) is 3.75. The van der Waals surface area contributed by atoms with Crippen molar-refractivity contribution in [2.75, 3.05) is 5.32 Å². The largest absolute Gasteiger partial charge is 0.305 e. The molecule has 2 aromatic heterocycles. The number of carbonyl (C=O) groups excluding carboxylic acids is 1. The van der Waals surface area contributed by atoms with Crippen LogP contribution in [0, 0.1) is 0 Å². The molecule has 0 saturated carbocycles. The fourth-order valence-electron chi connectivity index (χ4n) is 1.11. The van der Waals surface area contributed by atoms with Crippen molar-refractivity contribution < 1.29 is 4.79 Å². The Morgan fingerprint density at radius 1 is 1.19 bits per heavy atom. The third-order valence-corrected chi connectivity index (χ3v) is 2.45. The number of pyridine rings is 1. The zero-order valence-electron chi connectivity index (χ0n) is 8.09. The van der Waals surface area contributed by atoms with E-state index in [1.807, 2.05) is 0 Å². The lowest BCUT2D eigenvalue weighted by atomic mass is 10.2. The number of anilines is 1. The molecule has 0 spiro atoms. The number of hydrogen-bond acceptors (Lipinski definition) is 4. The minimum absolute atomic E-state index is 0.255. The average molecular weight is 279 g/mol. The highest BCUT2D eigenvalue weighted by molar-refractivity contribution is 9.10. The van der Waals surface area contributed by atoms with Gasteiger partial charge in [-0.1, -0.05) is 0 Å². The molecule has 1 amide bonds. The Labute approximate surface area is 100 Å². The smallest absolute Gasteiger partial charge is 0.258 e. The van der Waals surface area contributed by atoms with E-state index in [4.69, 9.17) is 0 Å². The summed E-state index contributed by atoms with van der Waals surface area (Å²) in [5.74, 6) is 0.158. The number of halogens is 1. The quantitative estimate of drug-likeness (QED) is 0.911. The maximum atomic E-state index is 11.8. The Balaban J connectivity index is 2.19. The van der Waals surface area contributed by atoms with E-state index in [1.54, 1.807) is 18.5 Å². The molecule has 0 fully saturated rings. The van der Waals surface area contributed by atoms with Crippen molar-refractivity contribution in [3.05, 3.63) is 47.1 Å². The molecule has 0 saturated heterocycles. The van der Waals surface area contributed by atoms with Crippen molar-refractivity contribution in [3.8, 4) is 0 Å². The first-order chi connectivity index (χ1) is 7.77. The van der Waals surface area contributed by atoms with E-state index in [0.717, 1.165) is 0 Å². The number of nitrogens with zero attached hydrogens (tertiary/aromatic N) is 3. The molecular weight excluding hydrogens is 272 g/mol. The van der Waals surface area contributed by atoms with Crippen molar-refractivity contribution in [2.24, 2.45) is 0 Å². The van der Waals surface area contributed by atoms with Gasteiger partial charge in [-0.05, 0) is 22.0 Å². The van der Waals surface area contributed by atoms with Gasteiger partial charge in [0.25, 0.3) is 5.91 Å². The monoisotopic (exact) mass is 278 g/mol. The van der Waals surface area contributed by atoms with Crippen LogP contribution in [-0.4, -0.2) is 20.9 Å². The summed E-state index contributed by atoms with van der Waals surface area (Å²) < 4.78 is 0.636. The van der Waals surface area contributed by atoms with Crippen LogP contribution in [0.3, 0.4) is 0 Å². The fourth-order valence-corrected chi connectivity index (χ4v) is 1.54. The van der Waals surface area contributed by atoms with Crippen LogP contribution in [0.25, 0.3) is 0 Å². The maximum absolute atomic E-state index is 11.8. The van der Waals surface area contributed by atoms with Crippen LogP contribution in [0.1, 0.15) is 10.4 Å². The van der Waals surface area contributed by atoms with E-state index >= 15 is 0 Å². The third-order valence-electron chi connectivity index (χ3n) is 1.82. The van der Waals surface area contributed by atoms with E-state index in [0.29, 0.717) is 15.9 Å². The van der Waals surface area contributed by atoms with Crippen LogP contribution in [-0.2, 0) is 0 Å². The maximum Gasteiger partial charge on any atom is 0.258 e. The molecule has 0 aromatic carbocycles. The molecule has 5 nitrogen and oxygen atoms in total. The topological polar surface area (TPSA) is 67.8 Å². The molecular formula is C10H7BrN4O. The summed E-state index contributed by atoms with van der Waals surface area (Å²) in [6.07, 6.45) is 7.64. The Kier molecular flexibility index (Phi) is 3.21. The van der Waals surface area contributed by atoms with Crippen molar-refractivity contribution >= 4 is 27.7 Å². The first-order valence-electron chi connectivity index (χ1n) is 4.44. The molecule has 6 heteroatoms. The summed E-state index contributed by atoms with van der Waals surface area (Å²) in [7, 11) is 0. The van der Waals surface area contributed by atoms with Gasteiger partial charge in [-0.2, -0.15) is 0 Å². The first-order valence-corrected chi connectivity index (χ1v) is 5.23. The summed E-state index contributed by atoms with van der Waals surface area (Å²) >= 11 is 3.25. The van der Waals surface area contributed by atoms with Crippen molar-refractivity contribution in [2.45, 2.75) is 0 Å². The lowest BCUT2D eigenvalue weighted by molar-refractivity contribution is 0.102. The lowest BCUT2D eigenvalue weighted by Gasteiger charge is -2.04. The first kappa shape index (κ1) is 10.7. The fraction of sp³-hybridized carbons (Fsp3) is 0. The number of aromatic nitrogens is 3. The van der Waals surface area contributed by atoms with E-state index in [2.05, 4.69) is 36.2 Å². The van der Waals surface area contributed by atoms with Gasteiger partial charge in [-0.3, -0.25) is 14.8 Å². The Morgan fingerprint density at radius 3 is 2.69 bits per heavy atom. The minimum atomic E-state index is -0.255. The predicted molar refractivity (Wildman–Crippen MR) is 61.9 cm³/mol. The van der Waals surface area contributed by atoms with Crippen molar-refractivity contribution in [1.29, 1.82) is 0 Å². The third kappa shape index (κ3) is 2.40. The molecule has 0 aliphatic heterocycles. The zero-order valence-corrected chi connectivity index (χ0v) is 9.68. The van der Waals surface area contributed by atoms with Crippen LogP contribution < -0.4 is 5.32 Å². The highest BCUT2D eigenvalue weighted by Crippen LogP contribution is 2.15. The van der Waals surface area contributed by atoms with Crippen molar-refractivity contribution in [3.63, 3.8) is 0 Å². The van der Waals surface area contributed by atoms with E-state index in [9.17, 15) is 4.79 Å². The van der Waals surface area contributed by atoms with E-state index < -0.39 is 0 Å². The van der Waals surface area contributed by atoms with Gasteiger partial charge in [0.1, 0.15) is 0 Å². The number of nitrogens with one attached hydrogen (secondary N) is 1. The molecule has 16 heavy (non-hydrogen) atoms. The molecule has 0 unspecified atom stereocenters. The summed E-state index contributed by atoms with van der Waals surface area (Å²) in [4.78, 5) is 23.5. The second kappa shape index (κ2) is 4.80. The molecule has 80 valence electrons. The van der Waals surface area contributed by atoms with Gasteiger partial charge >= 0.3 is 0 Å². The lowest BCUT2D eigenvalue weighted by Crippen LogP contribution is -2.13. The van der Waals surface area contributed by atoms with Gasteiger partial charge in [0.05, 0.1) is 11.8 Å². The van der Waals surface area contributed by atoms with Gasteiger partial charge in [0.2, 0.25) is 0 Å². The standard InChI is InChI=1S/C10H7BrN4O/c11-8-5-12-2-1-7(8)10(16)15-9-6-13-3-4-14-9/h1-6H,(H,14,15,16). The molecule has 0 bridgehead atoms. The van der Waals surface area contributed by atoms with Crippen LogP contribution in [0.5, 0.6) is 0 Å². The van der Waals surface area contributed by atoms with Gasteiger partial charge in [0, 0.05) is 29.3 Å². The van der Waals surface area contributed by atoms with Crippen LogP contribution >= 0.6 is 15.9 Å². The van der Waals surface area contributed by atoms with E-state index in [1.165, 1.54) is 18.6 Å². The molecule has 2 aromatic rings. The number of hydrogen-bond donors (Lipinski definition) is 1. The van der Waals surface area contributed by atoms with Gasteiger partial charge in [0.15, 0.2) is 5.82 Å². The summed E-state index contributed by atoms with van der Waals surface area (Å²) in [6, 6.07) is 1.62. The normalized spacial score (nSPS) is 9.81.